The van der Waals surface area contributed by atoms with E-state index in [1.54, 1.807) is 0 Å². The molecule has 23 heavy (non-hydrogen) atoms. The topological polar surface area (TPSA) is 58.1 Å². The Labute approximate surface area is 144 Å². The third-order valence-electron chi connectivity index (χ3n) is 4.02. The van der Waals surface area contributed by atoms with Gasteiger partial charge in [-0.2, -0.15) is 11.8 Å². The van der Waals surface area contributed by atoms with Crippen LogP contribution in [0.2, 0.25) is 0 Å². The minimum Gasteiger partial charge on any atom is -0.331 e. The van der Waals surface area contributed by atoms with Gasteiger partial charge in [0, 0.05) is 29.2 Å². The van der Waals surface area contributed by atoms with Gasteiger partial charge in [-0.1, -0.05) is 48.6 Å². The van der Waals surface area contributed by atoms with E-state index in [1.165, 1.54) is 11.3 Å². The van der Waals surface area contributed by atoms with Crippen molar-refractivity contribution in [2.75, 3.05) is 12.3 Å². The fourth-order valence-electron chi connectivity index (χ4n) is 2.49. The maximum atomic E-state index is 12.4. The smallest absolute Gasteiger partial charge is 0.318 e. The fourth-order valence-corrected chi connectivity index (χ4v) is 4.38. The van der Waals surface area contributed by atoms with E-state index in [0.717, 1.165) is 27.9 Å². The second-order valence-electron chi connectivity index (χ2n) is 5.54. The van der Waals surface area contributed by atoms with Crippen LogP contribution in [0.5, 0.6) is 0 Å². The van der Waals surface area contributed by atoms with Gasteiger partial charge in [-0.15, -0.1) is 10.2 Å². The zero-order valence-electron chi connectivity index (χ0n) is 13.2. The predicted molar refractivity (Wildman–Crippen MR) is 95.7 cm³/mol. The third-order valence-corrected chi connectivity index (χ3v) is 6.33. The summed E-state index contributed by atoms with van der Waals surface area (Å²) in [6.07, 6.45) is 0. The Morgan fingerprint density at radius 3 is 2.87 bits per heavy atom. The molecule has 1 fully saturated rings. The Morgan fingerprint density at radius 2 is 2.09 bits per heavy atom. The van der Waals surface area contributed by atoms with Crippen LogP contribution < -0.4 is 5.32 Å². The summed E-state index contributed by atoms with van der Waals surface area (Å²) >= 11 is 3.44. The van der Waals surface area contributed by atoms with Crippen molar-refractivity contribution in [3.63, 3.8) is 0 Å². The van der Waals surface area contributed by atoms with Crippen molar-refractivity contribution in [2.24, 2.45) is 0 Å². The van der Waals surface area contributed by atoms with Gasteiger partial charge in [-0.05, 0) is 6.92 Å². The molecule has 3 rings (SSSR count). The first-order chi connectivity index (χ1) is 11.1. The summed E-state index contributed by atoms with van der Waals surface area (Å²) in [7, 11) is 0. The van der Waals surface area contributed by atoms with E-state index in [0.29, 0.717) is 11.8 Å². The lowest BCUT2D eigenvalue weighted by atomic mass is 10.2. The highest BCUT2D eigenvalue weighted by atomic mass is 32.2. The minimum atomic E-state index is -0.0129. The summed E-state index contributed by atoms with van der Waals surface area (Å²) in [5.74, 6) is 0.996. The maximum absolute atomic E-state index is 12.4. The summed E-state index contributed by atoms with van der Waals surface area (Å²) in [4.78, 5) is 14.3. The van der Waals surface area contributed by atoms with Gasteiger partial charge in [0.25, 0.3) is 0 Å². The highest BCUT2D eigenvalue weighted by Crippen LogP contribution is 2.25. The van der Waals surface area contributed by atoms with Gasteiger partial charge in [0.05, 0.1) is 6.54 Å². The summed E-state index contributed by atoms with van der Waals surface area (Å²) in [5.41, 5.74) is 1.05. The van der Waals surface area contributed by atoms with Crippen LogP contribution in [0.15, 0.2) is 30.3 Å². The number of nitrogens with one attached hydrogen (secondary N) is 1. The van der Waals surface area contributed by atoms with Gasteiger partial charge in [-0.25, -0.2) is 4.79 Å². The largest absolute Gasteiger partial charge is 0.331 e. The maximum Gasteiger partial charge on any atom is 0.318 e. The molecule has 0 bridgehead atoms. The van der Waals surface area contributed by atoms with E-state index in [1.807, 2.05) is 47.0 Å². The van der Waals surface area contributed by atoms with Gasteiger partial charge in [-0.3, -0.25) is 0 Å². The van der Waals surface area contributed by atoms with E-state index in [-0.39, 0.29) is 12.1 Å². The Hall–Kier alpha value is -1.60. The summed E-state index contributed by atoms with van der Waals surface area (Å²) in [5, 5.41) is 13.5. The second-order valence-corrected chi connectivity index (χ2v) is 8.08. The number of carbonyl (C=O) groups is 1. The molecule has 5 nitrogen and oxygen atoms in total. The zero-order valence-corrected chi connectivity index (χ0v) is 14.9. The monoisotopic (exact) mass is 348 g/mol. The first-order valence-electron chi connectivity index (χ1n) is 7.69. The van der Waals surface area contributed by atoms with Crippen molar-refractivity contribution in [1.29, 1.82) is 0 Å². The van der Waals surface area contributed by atoms with Gasteiger partial charge in [0.2, 0.25) is 0 Å². The molecule has 1 aliphatic heterocycles. The molecule has 2 amide bonds. The number of benzene rings is 1. The molecule has 1 saturated heterocycles. The van der Waals surface area contributed by atoms with Gasteiger partial charge in [0.15, 0.2) is 0 Å². The van der Waals surface area contributed by atoms with Gasteiger partial charge >= 0.3 is 6.03 Å². The lowest BCUT2D eigenvalue weighted by molar-refractivity contribution is 0.180. The highest BCUT2D eigenvalue weighted by molar-refractivity contribution is 8.00. The molecule has 1 aliphatic rings. The molecule has 0 unspecified atom stereocenters. The number of carbonyl (C=O) groups excluding carboxylic acids is 1. The van der Waals surface area contributed by atoms with Crippen LogP contribution in [0, 0.1) is 0 Å². The second kappa shape index (κ2) is 7.31. The van der Waals surface area contributed by atoms with Crippen LogP contribution >= 0.6 is 23.1 Å². The summed E-state index contributed by atoms with van der Waals surface area (Å²) < 4.78 is 0. The van der Waals surface area contributed by atoms with Gasteiger partial charge in [0.1, 0.15) is 10.0 Å². The molecular weight excluding hydrogens is 328 g/mol. The summed E-state index contributed by atoms with van der Waals surface area (Å²) in [6.45, 7) is 5.50. The first kappa shape index (κ1) is 16.3. The number of rotatable bonds is 3. The molecule has 122 valence electrons. The Kier molecular flexibility index (Phi) is 5.17. The van der Waals surface area contributed by atoms with E-state index in [4.69, 9.17) is 0 Å². The van der Waals surface area contributed by atoms with Crippen molar-refractivity contribution >= 4 is 29.1 Å². The SMILES string of the molecule is C[C@H]1SCCN(C(=O)NCc2nnc(-c3ccccc3)s2)[C@H]1C. The van der Waals surface area contributed by atoms with Crippen LogP contribution in [0.25, 0.3) is 10.6 Å². The van der Waals surface area contributed by atoms with Crippen molar-refractivity contribution in [2.45, 2.75) is 31.7 Å². The van der Waals surface area contributed by atoms with Crippen LogP contribution in [-0.2, 0) is 6.54 Å². The van der Waals surface area contributed by atoms with Crippen LogP contribution in [0.3, 0.4) is 0 Å². The number of hydrogen-bond acceptors (Lipinski definition) is 5. The van der Waals surface area contributed by atoms with Crippen LogP contribution in [-0.4, -0.2) is 44.7 Å². The Balaban J connectivity index is 1.58. The molecule has 2 aromatic rings. The van der Waals surface area contributed by atoms with E-state index >= 15 is 0 Å². The summed E-state index contributed by atoms with van der Waals surface area (Å²) in [6, 6.07) is 10.2. The lowest BCUT2D eigenvalue weighted by Crippen LogP contribution is -2.51. The molecule has 0 aliphatic carbocycles. The third kappa shape index (κ3) is 3.84. The van der Waals surface area contributed by atoms with Crippen molar-refractivity contribution < 1.29 is 4.79 Å². The van der Waals surface area contributed by atoms with E-state index in [9.17, 15) is 4.79 Å². The average molecular weight is 348 g/mol. The normalized spacial score (nSPS) is 21.2. The quantitative estimate of drug-likeness (QED) is 0.925. The molecule has 1 N–H and O–H groups in total. The number of urea groups is 1. The van der Waals surface area contributed by atoms with E-state index < -0.39 is 0 Å². The Bertz CT molecular complexity index is 661. The van der Waals surface area contributed by atoms with Crippen LogP contribution in [0.4, 0.5) is 4.79 Å². The van der Waals surface area contributed by atoms with Crippen LogP contribution in [0.1, 0.15) is 18.9 Å². The average Bonchev–Trinajstić information content (AvgIpc) is 3.05. The van der Waals surface area contributed by atoms with E-state index in [2.05, 4.69) is 29.4 Å². The highest BCUT2D eigenvalue weighted by Gasteiger charge is 2.28. The number of aromatic nitrogens is 2. The standard InChI is InChI=1S/C16H20N4OS2/c1-11-12(2)22-9-8-20(11)16(21)17-10-14-18-19-15(23-14)13-6-4-3-5-7-13/h3-7,11-12H,8-10H2,1-2H3,(H,17,21)/t11-,12+/m0/s1. The van der Waals surface area contributed by atoms with Gasteiger partial charge < -0.3 is 10.2 Å². The molecular formula is C16H20N4OS2. The lowest BCUT2D eigenvalue weighted by Gasteiger charge is -2.37. The number of thioether (sulfide) groups is 1. The zero-order chi connectivity index (χ0) is 16.2. The molecule has 2 atom stereocenters. The minimum absolute atomic E-state index is 0.0129. The Morgan fingerprint density at radius 1 is 1.30 bits per heavy atom. The fraction of sp³-hybridized carbons (Fsp3) is 0.438. The van der Waals surface area contributed by atoms with Crippen molar-refractivity contribution in [3.8, 4) is 10.6 Å². The molecule has 7 heteroatoms. The number of nitrogens with zero attached hydrogens (tertiary/aromatic N) is 3. The molecule has 0 saturated carbocycles. The van der Waals surface area contributed by atoms with Crippen molar-refractivity contribution in [1.82, 2.24) is 20.4 Å². The predicted octanol–water partition coefficient (Wildman–Crippen LogP) is 3.24. The molecule has 0 spiro atoms. The van der Waals surface area contributed by atoms with Crippen molar-refractivity contribution in [3.05, 3.63) is 35.3 Å². The first-order valence-corrected chi connectivity index (χ1v) is 9.55. The molecule has 0 radical (unpaired) electrons. The molecule has 1 aromatic carbocycles. The number of amides is 2. The molecule has 1 aromatic heterocycles. The molecule has 2 heterocycles. The number of hydrogen-bond donors (Lipinski definition) is 1.